The van der Waals surface area contributed by atoms with Crippen molar-refractivity contribution < 1.29 is 10.0 Å². The van der Waals surface area contributed by atoms with Crippen molar-refractivity contribution >= 4 is 11.4 Å². The van der Waals surface area contributed by atoms with Gasteiger partial charge in [0, 0.05) is 6.20 Å². The second kappa shape index (κ2) is 4.52. The summed E-state index contributed by atoms with van der Waals surface area (Å²) >= 11 is 0. The van der Waals surface area contributed by atoms with Gasteiger partial charge in [-0.15, -0.1) is 0 Å². The Morgan fingerprint density at radius 2 is 2.35 bits per heavy atom. The molecule has 0 amide bonds. The van der Waals surface area contributed by atoms with Crippen LogP contribution in [0.5, 0.6) is 5.75 Å². The molecule has 1 heterocycles. The van der Waals surface area contributed by atoms with Crippen molar-refractivity contribution in [1.82, 2.24) is 9.97 Å². The van der Waals surface area contributed by atoms with Crippen LogP contribution in [0.25, 0.3) is 0 Å². The van der Waals surface area contributed by atoms with Gasteiger partial charge < -0.3 is 15.4 Å². The number of phenolic OH excluding ortho intramolecular Hbond substituents is 1. The first kappa shape index (κ1) is 10.9. The Balaban J connectivity index is 2.17. The first-order chi connectivity index (χ1) is 8.16. The number of nitrogens with zero attached hydrogens (tertiary/aromatic N) is 2. The van der Waals surface area contributed by atoms with Crippen LogP contribution in [-0.4, -0.2) is 20.0 Å². The van der Waals surface area contributed by atoms with Crippen molar-refractivity contribution in [3.8, 4) is 5.75 Å². The number of nitro benzene ring substituents is 1. The van der Waals surface area contributed by atoms with E-state index in [0.29, 0.717) is 12.2 Å². The third-order valence-electron chi connectivity index (χ3n) is 2.20. The molecule has 1 aromatic heterocycles. The maximum atomic E-state index is 10.8. The van der Waals surface area contributed by atoms with Crippen LogP contribution in [0.2, 0.25) is 0 Å². The molecule has 0 spiro atoms. The van der Waals surface area contributed by atoms with Crippen LogP contribution in [0.3, 0.4) is 0 Å². The molecular formula is C10H10N4O3. The average Bonchev–Trinajstić information content (AvgIpc) is 2.80. The lowest BCUT2D eigenvalue weighted by Crippen LogP contribution is -2.02. The maximum Gasteiger partial charge on any atom is 0.296 e. The average molecular weight is 234 g/mol. The summed E-state index contributed by atoms with van der Waals surface area (Å²) in [6.45, 7) is 0.394. The Labute approximate surface area is 96.3 Å². The molecule has 0 aliphatic heterocycles. The lowest BCUT2D eigenvalue weighted by atomic mass is 10.2. The number of hydrogen-bond donors (Lipinski definition) is 3. The molecule has 88 valence electrons. The topological polar surface area (TPSA) is 104 Å². The van der Waals surface area contributed by atoms with Crippen LogP contribution in [0.4, 0.5) is 11.4 Å². The van der Waals surface area contributed by atoms with Crippen LogP contribution < -0.4 is 5.32 Å². The van der Waals surface area contributed by atoms with Gasteiger partial charge in [-0.1, -0.05) is 0 Å². The van der Waals surface area contributed by atoms with E-state index in [0.717, 1.165) is 11.8 Å². The highest BCUT2D eigenvalue weighted by Crippen LogP contribution is 2.28. The number of hydrogen-bond acceptors (Lipinski definition) is 5. The molecule has 2 rings (SSSR count). The van der Waals surface area contributed by atoms with Gasteiger partial charge in [0.15, 0.2) is 0 Å². The molecule has 17 heavy (non-hydrogen) atoms. The third-order valence-corrected chi connectivity index (χ3v) is 2.20. The van der Waals surface area contributed by atoms with E-state index in [2.05, 4.69) is 15.3 Å². The Hall–Kier alpha value is -2.57. The number of aromatic nitrogens is 2. The van der Waals surface area contributed by atoms with Gasteiger partial charge in [-0.2, -0.15) is 0 Å². The van der Waals surface area contributed by atoms with Crippen molar-refractivity contribution in [2.45, 2.75) is 6.54 Å². The zero-order chi connectivity index (χ0) is 12.3. The highest BCUT2D eigenvalue weighted by Gasteiger charge is 2.14. The number of benzene rings is 1. The fourth-order valence-corrected chi connectivity index (χ4v) is 1.39. The summed E-state index contributed by atoms with van der Waals surface area (Å²) in [4.78, 5) is 16.9. The first-order valence-electron chi connectivity index (χ1n) is 4.85. The summed E-state index contributed by atoms with van der Waals surface area (Å²) in [6, 6.07) is 3.96. The van der Waals surface area contributed by atoms with Crippen LogP contribution in [-0.2, 0) is 6.54 Å². The highest BCUT2D eigenvalue weighted by atomic mass is 16.6. The van der Waals surface area contributed by atoms with Gasteiger partial charge in [0.1, 0.15) is 11.4 Å². The zero-order valence-corrected chi connectivity index (χ0v) is 8.75. The fraction of sp³-hybridized carbons (Fsp3) is 0.100. The number of H-pyrrole nitrogens is 1. The van der Waals surface area contributed by atoms with E-state index < -0.39 is 4.92 Å². The van der Waals surface area contributed by atoms with Crippen molar-refractivity contribution in [2.24, 2.45) is 0 Å². The molecule has 0 fully saturated rings. The lowest BCUT2D eigenvalue weighted by molar-refractivity contribution is -0.384. The SMILES string of the molecule is O=[N+]([O-])c1cc(O)ccc1NCc1cnc[nH]1. The van der Waals surface area contributed by atoms with Crippen LogP contribution in [0, 0.1) is 10.1 Å². The Morgan fingerprint density at radius 1 is 1.53 bits per heavy atom. The number of imidazole rings is 1. The molecular weight excluding hydrogens is 224 g/mol. The molecule has 3 N–H and O–H groups in total. The van der Waals surface area contributed by atoms with Gasteiger partial charge in [0.25, 0.3) is 5.69 Å². The Morgan fingerprint density at radius 3 is 3.00 bits per heavy atom. The summed E-state index contributed by atoms with van der Waals surface area (Å²) in [6.07, 6.45) is 3.15. The zero-order valence-electron chi connectivity index (χ0n) is 8.75. The summed E-state index contributed by atoms with van der Waals surface area (Å²) in [5.41, 5.74) is 0.999. The first-order valence-corrected chi connectivity index (χ1v) is 4.85. The second-order valence-electron chi connectivity index (χ2n) is 3.39. The molecule has 0 bridgehead atoms. The minimum atomic E-state index is -0.547. The Bertz CT molecular complexity index is 524. The number of aromatic amines is 1. The van der Waals surface area contributed by atoms with Gasteiger partial charge in [0.2, 0.25) is 0 Å². The van der Waals surface area contributed by atoms with E-state index in [1.54, 1.807) is 6.20 Å². The standard InChI is InChI=1S/C10H10N4O3/c15-8-1-2-9(10(3-8)14(16)17)12-5-7-4-11-6-13-7/h1-4,6,12,15H,5H2,(H,11,13). The number of anilines is 1. The van der Waals surface area contributed by atoms with E-state index in [1.807, 2.05) is 0 Å². The summed E-state index contributed by atoms with van der Waals surface area (Å²) < 4.78 is 0. The molecule has 0 saturated carbocycles. The van der Waals surface area contributed by atoms with E-state index in [1.165, 1.54) is 18.5 Å². The van der Waals surface area contributed by atoms with E-state index in [4.69, 9.17) is 0 Å². The number of aromatic hydroxyl groups is 1. The fourth-order valence-electron chi connectivity index (χ4n) is 1.39. The predicted molar refractivity (Wildman–Crippen MR) is 60.7 cm³/mol. The van der Waals surface area contributed by atoms with Gasteiger partial charge >= 0.3 is 0 Å². The number of rotatable bonds is 4. The van der Waals surface area contributed by atoms with Crippen molar-refractivity contribution in [3.05, 3.63) is 46.5 Å². The molecule has 0 radical (unpaired) electrons. The van der Waals surface area contributed by atoms with Crippen LogP contribution in [0.15, 0.2) is 30.7 Å². The molecule has 0 aliphatic rings. The molecule has 0 aliphatic carbocycles. The molecule has 0 atom stereocenters. The van der Waals surface area contributed by atoms with Crippen molar-refractivity contribution in [1.29, 1.82) is 0 Å². The lowest BCUT2D eigenvalue weighted by Gasteiger charge is -2.05. The van der Waals surface area contributed by atoms with Crippen molar-refractivity contribution in [3.63, 3.8) is 0 Å². The molecule has 1 aromatic carbocycles. The van der Waals surface area contributed by atoms with E-state index in [-0.39, 0.29) is 11.4 Å². The number of nitrogens with one attached hydrogen (secondary N) is 2. The summed E-state index contributed by atoms with van der Waals surface area (Å²) in [7, 11) is 0. The third kappa shape index (κ3) is 2.51. The second-order valence-corrected chi connectivity index (χ2v) is 3.39. The van der Waals surface area contributed by atoms with E-state index in [9.17, 15) is 15.2 Å². The van der Waals surface area contributed by atoms with Gasteiger partial charge in [-0.05, 0) is 12.1 Å². The maximum absolute atomic E-state index is 10.8. The summed E-state index contributed by atoms with van der Waals surface area (Å²) in [5.74, 6) is -0.135. The van der Waals surface area contributed by atoms with Crippen molar-refractivity contribution in [2.75, 3.05) is 5.32 Å². The smallest absolute Gasteiger partial charge is 0.296 e. The van der Waals surface area contributed by atoms with Crippen LogP contribution >= 0.6 is 0 Å². The quantitative estimate of drug-likeness (QED) is 0.423. The largest absolute Gasteiger partial charge is 0.508 e. The Kier molecular flexibility index (Phi) is 2.91. The molecule has 2 aromatic rings. The van der Waals surface area contributed by atoms with Gasteiger partial charge in [-0.3, -0.25) is 10.1 Å². The van der Waals surface area contributed by atoms with Crippen LogP contribution in [0.1, 0.15) is 5.69 Å². The summed E-state index contributed by atoms with van der Waals surface area (Å²) in [5, 5.41) is 22.9. The number of phenols is 1. The molecule has 0 unspecified atom stereocenters. The van der Waals surface area contributed by atoms with Gasteiger partial charge in [0.05, 0.1) is 29.6 Å². The molecule has 7 heteroatoms. The molecule has 7 nitrogen and oxygen atoms in total. The van der Waals surface area contributed by atoms with E-state index >= 15 is 0 Å². The molecule has 0 saturated heterocycles. The number of nitro groups is 1. The predicted octanol–water partition coefficient (Wildman–Crippen LogP) is 1.64. The minimum absolute atomic E-state index is 0.135. The monoisotopic (exact) mass is 234 g/mol. The van der Waals surface area contributed by atoms with Gasteiger partial charge in [-0.25, -0.2) is 4.98 Å². The highest BCUT2D eigenvalue weighted by molar-refractivity contribution is 5.63. The minimum Gasteiger partial charge on any atom is -0.508 e. The normalized spacial score (nSPS) is 10.1.